The van der Waals surface area contributed by atoms with Crippen molar-refractivity contribution in [2.24, 2.45) is 5.92 Å². The van der Waals surface area contributed by atoms with Gasteiger partial charge in [-0.15, -0.1) is 0 Å². The van der Waals surface area contributed by atoms with Crippen molar-refractivity contribution in [3.8, 4) is 5.75 Å². The molecular weight excluding hydrogens is 248 g/mol. The van der Waals surface area contributed by atoms with Crippen LogP contribution in [0.15, 0.2) is 18.2 Å². The van der Waals surface area contributed by atoms with E-state index in [0.717, 1.165) is 18.7 Å². The molecule has 0 saturated carbocycles. The number of nitrogens with one attached hydrogen (secondary N) is 1. The van der Waals surface area contributed by atoms with E-state index in [4.69, 9.17) is 11.6 Å². The largest absolute Gasteiger partial charge is 0.506 e. The normalized spacial score (nSPS) is 13.3. The Morgan fingerprint density at radius 3 is 2.50 bits per heavy atom. The van der Waals surface area contributed by atoms with Gasteiger partial charge < -0.3 is 15.3 Å². The van der Waals surface area contributed by atoms with Crippen LogP contribution in [0, 0.1) is 5.92 Å². The molecule has 0 aliphatic rings. The third kappa shape index (κ3) is 4.84. The summed E-state index contributed by atoms with van der Waals surface area (Å²) in [5, 5.41) is 13.3. The molecular formula is C14H23ClN2O. The minimum atomic E-state index is 0.133. The summed E-state index contributed by atoms with van der Waals surface area (Å²) < 4.78 is 0. The average molecular weight is 271 g/mol. The molecule has 2 N–H and O–H groups in total. The number of phenolic OH excluding ortho intramolecular Hbond substituents is 1. The van der Waals surface area contributed by atoms with Crippen LogP contribution in [-0.2, 0) is 6.54 Å². The second-order valence-electron chi connectivity index (χ2n) is 5.28. The Morgan fingerprint density at radius 1 is 1.33 bits per heavy atom. The van der Waals surface area contributed by atoms with Gasteiger partial charge in [0.2, 0.25) is 0 Å². The van der Waals surface area contributed by atoms with Crippen molar-refractivity contribution in [1.82, 2.24) is 10.2 Å². The second kappa shape index (κ2) is 6.98. The van der Waals surface area contributed by atoms with E-state index < -0.39 is 0 Å². The zero-order valence-electron chi connectivity index (χ0n) is 11.6. The highest BCUT2D eigenvalue weighted by atomic mass is 35.5. The van der Waals surface area contributed by atoms with Crippen LogP contribution in [0.4, 0.5) is 0 Å². The lowest BCUT2D eigenvalue weighted by Gasteiger charge is -2.25. The van der Waals surface area contributed by atoms with Crippen LogP contribution >= 0.6 is 11.6 Å². The van der Waals surface area contributed by atoms with Gasteiger partial charge in [0.05, 0.1) is 5.02 Å². The Morgan fingerprint density at radius 2 is 2.00 bits per heavy atom. The monoisotopic (exact) mass is 270 g/mol. The molecule has 0 spiro atoms. The van der Waals surface area contributed by atoms with Crippen LogP contribution in [0.5, 0.6) is 5.75 Å². The molecule has 0 bridgehead atoms. The van der Waals surface area contributed by atoms with Gasteiger partial charge in [0.1, 0.15) is 5.75 Å². The van der Waals surface area contributed by atoms with Crippen molar-refractivity contribution in [3.05, 3.63) is 28.8 Å². The Kier molecular flexibility index (Phi) is 5.93. The molecule has 0 aromatic heterocycles. The van der Waals surface area contributed by atoms with Gasteiger partial charge in [0.15, 0.2) is 0 Å². The average Bonchev–Trinajstić information content (AvgIpc) is 2.28. The van der Waals surface area contributed by atoms with Gasteiger partial charge in [-0.1, -0.05) is 31.5 Å². The summed E-state index contributed by atoms with van der Waals surface area (Å²) in [6.07, 6.45) is 0. The summed E-state index contributed by atoms with van der Waals surface area (Å²) in [4.78, 5) is 2.18. The standard InChI is InChI=1S/C14H23ClN2O/c1-10(2)13(9-17(3)4)16-8-11-5-6-14(18)12(15)7-11/h5-7,10,13,16,18H,8-9H2,1-4H3. The smallest absolute Gasteiger partial charge is 0.134 e. The van der Waals surface area contributed by atoms with E-state index in [9.17, 15) is 5.11 Å². The topological polar surface area (TPSA) is 35.5 Å². The number of likely N-dealkylation sites (N-methyl/N-ethyl adjacent to an activating group) is 1. The van der Waals surface area contributed by atoms with E-state index in [0.29, 0.717) is 17.0 Å². The van der Waals surface area contributed by atoms with Gasteiger partial charge >= 0.3 is 0 Å². The minimum absolute atomic E-state index is 0.133. The molecule has 0 fully saturated rings. The number of benzene rings is 1. The maximum Gasteiger partial charge on any atom is 0.134 e. The summed E-state index contributed by atoms with van der Waals surface area (Å²) in [6.45, 7) is 6.19. The number of nitrogens with zero attached hydrogens (tertiary/aromatic N) is 1. The first-order valence-corrected chi connectivity index (χ1v) is 6.63. The lowest BCUT2D eigenvalue weighted by molar-refractivity contribution is 0.288. The van der Waals surface area contributed by atoms with Gasteiger partial charge in [0, 0.05) is 19.1 Å². The summed E-state index contributed by atoms with van der Waals surface area (Å²) in [6, 6.07) is 5.76. The fraction of sp³-hybridized carbons (Fsp3) is 0.571. The van der Waals surface area contributed by atoms with Crippen LogP contribution in [0.25, 0.3) is 0 Å². The number of rotatable bonds is 6. The fourth-order valence-electron chi connectivity index (χ4n) is 1.81. The fourth-order valence-corrected chi connectivity index (χ4v) is 2.02. The summed E-state index contributed by atoms with van der Waals surface area (Å²) in [5.74, 6) is 0.703. The zero-order valence-corrected chi connectivity index (χ0v) is 12.3. The highest BCUT2D eigenvalue weighted by molar-refractivity contribution is 6.32. The molecule has 0 amide bonds. The van der Waals surface area contributed by atoms with Crippen molar-refractivity contribution >= 4 is 11.6 Å². The number of hydrogen-bond acceptors (Lipinski definition) is 3. The van der Waals surface area contributed by atoms with Crippen LogP contribution in [-0.4, -0.2) is 36.7 Å². The highest BCUT2D eigenvalue weighted by Crippen LogP contribution is 2.23. The highest BCUT2D eigenvalue weighted by Gasteiger charge is 2.13. The van der Waals surface area contributed by atoms with Crippen molar-refractivity contribution in [2.45, 2.75) is 26.4 Å². The summed E-state index contributed by atoms with van der Waals surface area (Å²) >= 11 is 5.89. The first-order chi connectivity index (χ1) is 8.40. The van der Waals surface area contributed by atoms with E-state index in [-0.39, 0.29) is 5.75 Å². The molecule has 0 aliphatic heterocycles. The molecule has 3 nitrogen and oxygen atoms in total. The van der Waals surface area contributed by atoms with E-state index in [1.807, 2.05) is 6.07 Å². The minimum Gasteiger partial charge on any atom is -0.506 e. The molecule has 18 heavy (non-hydrogen) atoms. The van der Waals surface area contributed by atoms with Gasteiger partial charge in [-0.2, -0.15) is 0 Å². The molecule has 1 rings (SSSR count). The predicted molar refractivity (Wildman–Crippen MR) is 77.1 cm³/mol. The van der Waals surface area contributed by atoms with Crippen LogP contribution in [0.2, 0.25) is 5.02 Å². The maximum atomic E-state index is 9.37. The van der Waals surface area contributed by atoms with Gasteiger partial charge in [-0.3, -0.25) is 0 Å². The molecule has 1 unspecified atom stereocenters. The maximum absolute atomic E-state index is 9.37. The number of hydrogen-bond donors (Lipinski definition) is 2. The van der Waals surface area contributed by atoms with Gasteiger partial charge in [0.25, 0.3) is 0 Å². The lowest BCUT2D eigenvalue weighted by Crippen LogP contribution is -2.41. The molecule has 1 aromatic carbocycles. The zero-order chi connectivity index (χ0) is 13.7. The Bertz CT molecular complexity index is 380. The Balaban J connectivity index is 2.58. The molecule has 0 saturated heterocycles. The molecule has 1 atom stereocenters. The third-order valence-corrected chi connectivity index (χ3v) is 3.25. The van der Waals surface area contributed by atoms with Crippen molar-refractivity contribution in [2.75, 3.05) is 20.6 Å². The predicted octanol–water partition coefficient (Wildman–Crippen LogP) is 2.72. The van der Waals surface area contributed by atoms with Crippen LogP contribution in [0.3, 0.4) is 0 Å². The first-order valence-electron chi connectivity index (χ1n) is 6.25. The number of phenols is 1. The SMILES string of the molecule is CC(C)C(CN(C)C)NCc1ccc(O)c(Cl)c1. The molecule has 0 aliphatic carbocycles. The Hall–Kier alpha value is -0.770. The third-order valence-electron chi connectivity index (χ3n) is 2.95. The summed E-state index contributed by atoms with van der Waals surface area (Å²) in [5.41, 5.74) is 1.09. The summed E-state index contributed by atoms with van der Waals surface area (Å²) in [7, 11) is 4.16. The van der Waals surface area contributed by atoms with Crippen molar-refractivity contribution in [1.29, 1.82) is 0 Å². The Labute approximate surface area is 115 Å². The van der Waals surface area contributed by atoms with Crippen LogP contribution < -0.4 is 5.32 Å². The second-order valence-corrected chi connectivity index (χ2v) is 5.69. The molecule has 0 radical (unpaired) electrons. The number of halogens is 1. The first kappa shape index (κ1) is 15.3. The van der Waals surface area contributed by atoms with Crippen molar-refractivity contribution < 1.29 is 5.11 Å². The van der Waals surface area contributed by atoms with Crippen LogP contribution in [0.1, 0.15) is 19.4 Å². The molecule has 1 aromatic rings. The van der Waals surface area contributed by atoms with E-state index in [2.05, 4.69) is 38.2 Å². The lowest BCUT2D eigenvalue weighted by atomic mass is 10.0. The van der Waals surface area contributed by atoms with E-state index in [1.54, 1.807) is 12.1 Å². The molecule has 102 valence electrons. The van der Waals surface area contributed by atoms with Gasteiger partial charge in [-0.05, 0) is 37.7 Å². The number of aromatic hydroxyl groups is 1. The van der Waals surface area contributed by atoms with Gasteiger partial charge in [-0.25, -0.2) is 0 Å². The van der Waals surface area contributed by atoms with E-state index >= 15 is 0 Å². The molecule has 0 heterocycles. The van der Waals surface area contributed by atoms with Crippen molar-refractivity contribution in [3.63, 3.8) is 0 Å². The molecule has 4 heteroatoms. The van der Waals surface area contributed by atoms with E-state index in [1.165, 1.54) is 0 Å². The quantitative estimate of drug-likeness (QED) is 0.834.